The van der Waals surface area contributed by atoms with E-state index in [2.05, 4.69) is 36.6 Å². The average molecular weight is 513 g/mol. The Kier molecular flexibility index (Phi) is 7.84. The molecule has 0 heterocycles. The molecule has 5 rings (SSSR count). The maximum absolute atomic E-state index is 12.9. The largest absolute Gasteiger partial charge is 0.436 e. The summed E-state index contributed by atoms with van der Waals surface area (Å²) in [6.07, 6.45) is 12.7. The number of hydrogen-bond donors (Lipinski definition) is 2. The van der Waals surface area contributed by atoms with Crippen LogP contribution in [-0.2, 0) is 9.63 Å². The Labute approximate surface area is 223 Å². The van der Waals surface area contributed by atoms with Crippen molar-refractivity contribution in [3.63, 3.8) is 0 Å². The lowest BCUT2D eigenvalue weighted by Crippen LogP contribution is -2.51. The monoisotopic (exact) mass is 512 g/mol. The van der Waals surface area contributed by atoms with Crippen LogP contribution >= 0.6 is 0 Å². The molecule has 5 aliphatic rings. The quantitative estimate of drug-likeness (QED) is 0.198. The van der Waals surface area contributed by atoms with E-state index in [1.807, 2.05) is 18.0 Å². The summed E-state index contributed by atoms with van der Waals surface area (Å²) < 4.78 is 0. The molecule has 2 N–H and O–H groups in total. The van der Waals surface area contributed by atoms with E-state index in [0.29, 0.717) is 36.1 Å². The normalized spacial score (nSPS) is 37.4. The molecule has 0 unspecified atom stereocenters. The fourth-order valence-electron chi connectivity index (χ4n) is 8.82. The lowest BCUT2D eigenvalue weighted by molar-refractivity contribution is -0.117. The van der Waals surface area contributed by atoms with Gasteiger partial charge in [0.2, 0.25) is 0 Å². The second-order valence-corrected chi connectivity index (χ2v) is 13.0. The van der Waals surface area contributed by atoms with Crippen molar-refractivity contribution < 1.29 is 14.4 Å². The molecule has 0 radical (unpaired) electrons. The summed E-state index contributed by atoms with van der Waals surface area (Å²) in [5, 5.41) is 11.0. The molecule has 4 saturated carbocycles. The van der Waals surface area contributed by atoms with Crippen LogP contribution in [0.3, 0.4) is 0 Å². The number of hydrogen-bond acceptors (Lipinski definition) is 6. The molecule has 206 valence electrons. The summed E-state index contributed by atoms with van der Waals surface area (Å²) >= 11 is 0. The van der Waals surface area contributed by atoms with Crippen LogP contribution in [-0.4, -0.2) is 61.8 Å². The highest BCUT2D eigenvalue weighted by atomic mass is 16.7. The number of fused-ring (bicyclic) bond motifs is 5. The number of carbonyl (C=O) groups excluding carboxylic acids is 2. The van der Waals surface area contributed by atoms with Crippen LogP contribution < -0.4 is 10.6 Å². The highest BCUT2D eigenvalue weighted by Gasteiger charge is 2.59. The Hall–Kier alpha value is -1.73. The highest BCUT2D eigenvalue weighted by molar-refractivity contribution is 5.91. The van der Waals surface area contributed by atoms with Gasteiger partial charge in [0, 0.05) is 44.6 Å². The Morgan fingerprint density at radius 2 is 1.86 bits per heavy atom. The zero-order chi connectivity index (χ0) is 26.2. The molecular formula is C30H48N4O3. The van der Waals surface area contributed by atoms with Gasteiger partial charge in [-0.3, -0.25) is 9.63 Å². The van der Waals surface area contributed by atoms with Gasteiger partial charge >= 0.3 is 6.09 Å². The summed E-state index contributed by atoms with van der Waals surface area (Å²) in [4.78, 5) is 32.5. The molecule has 4 fully saturated rings. The third-order valence-electron chi connectivity index (χ3n) is 11.0. The number of likely N-dealkylation sites (N-methyl/N-ethyl adjacent to an activating group) is 1. The Balaban J connectivity index is 1.22. The zero-order valence-electron chi connectivity index (χ0n) is 23.5. The van der Waals surface area contributed by atoms with Gasteiger partial charge < -0.3 is 15.5 Å². The zero-order valence-corrected chi connectivity index (χ0v) is 23.5. The van der Waals surface area contributed by atoms with Gasteiger partial charge in [-0.2, -0.15) is 0 Å². The first-order valence-corrected chi connectivity index (χ1v) is 14.9. The molecule has 0 spiro atoms. The van der Waals surface area contributed by atoms with Crippen LogP contribution in [0.1, 0.15) is 85.0 Å². The molecule has 0 saturated heterocycles. The summed E-state index contributed by atoms with van der Waals surface area (Å²) in [6.45, 7) is 10.2. The van der Waals surface area contributed by atoms with E-state index in [4.69, 9.17) is 4.84 Å². The van der Waals surface area contributed by atoms with Gasteiger partial charge in [0.1, 0.15) is 0 Å². The molecular weight excluding hydrogens is 464 g/mol. The van der Waals surface area contributed by atoms with E-state index >= 15 is 0 Å². The van der Waals surface area contributed by atoms with E-state index in [1.54, 1.807) is 0 Å². The third kappa shape index (κ3) is 5.15. The van der Waals surface area contributed by atoms with Crippen molar-refractivity contribution >= 4 is 17.6 Å². The molecule has 0 aromatic rings. The molecule has 7 heteroatoms. The summed E-state index contributed by atoms with van der Waals surface area (Å²) in [6, 6.07) is 0.305. The molecule has 37 heavy (non-hydrogen) atoms. The molecule has 0 aliphatic heterocycles. The molecule has 0 aromatic heterocycles. The maximum Gasteiger partial charge on any atom is 0.436 e. The van der Waals surface area contributed by atoms with Crippen molar-refractivity contribution in [1.29, 1.82) is 0 Å². The predicted octanol–water partition coefficient (Wildman–Crippen LogP) is 4.92. The Bertz CT molecular complexity index is 943. The third-order valence-corrected chi connectivity index (χ3v) is 11.0. The molecule has 0 bridgehead atoms. The van der Waals surface area contributed by atoms with Crippen molar-refractivity contribution in [1.82, 2.24) is 15.5 Å². The minimum atomic E-state index is -0.299. The van der Waals surface area contributed by atoms with Gasteiger partial charge in [0.25, 0.3) is 0 Å². The van der Waals surface area contributed by atoms with Gasteiger partial charge in [-0.05, 0) is 106 Å². The number of carbonyl (C=O) groups is 2. The number of rotatable bonds is 9. The van der Waals surface area contributed by atoms with Crippen LogP contribution in [0.25, 0.3) is 0 Å². The van der Waals surface area contributed by atoms with E-state index in [9.17, 15) is 9.59 Å². The van der Waals surface area contributed by atoms with Crippen LogP contribution in [0.15, 0.2) is 16.8 Å². The second-order valence-electron chi connectivity index (χ2n) is 13.0. The lowest BCUT2D eigenvalue weighted by atomic mass is 9.46. The number of amides is 1. The molecule has 0 aromatic carbocycles. The molecule has 7 nitrogen and oxygen atoms in total. The fraction of sp³-hybridized carbons (Fsp3) is 0.833. The van der Waals surface area contributed by atoms with Crippen LogP contribution in [0.4, 0.5) is 4.79 Å². The molecule has 6 atom stereocenters. The SMILES string of the molecule is CNCCNCCN(C(=O)O/N=C(\C)[C@H]1CC[C@H]2[C@@H]3CCC4=CC(=O)CC[C@]4(C)[C@H]3CC[C@]12C)C1CC1. The van der Waals surface area contributed by atoms with E-state index in [1.165, 1.54) is 31.3 Å². The van der Waals surface area contributed by atoms with Crippen LogP contribution in [0, 0.1) is 34.5 Å². The second kappa shape index (κ2) is 10.8. The fourth-order valence-corrected chi connectivity index (χ4v) is 8.82. The smallest absolute Gasteiger partial charge is 0.318 e. The first-order chi connectivity index (χ1) is 17.8. The van der Waals surface area contributed by atoms with Crippen molar-refractivity contribution in [2.24, 2.45) is 39.7 Å². The molecule has 5 aliphatic carbocycles. The van der Waals surface area contributed by atoms with Crippen LogP contribution in [0.5, 0.6) is 0 Å². The van der Waals surface area contributed by atoms with E-state index in [0.717, 1.165) is 69.8 Å². The number of nitrogens with one attached hydrogen (secondary N) is 2. The Morgan fingerprint density at radius 3 is 2.62 bits per heavy atom. The minimum absolute atomic E-state index is 0.211. The van der Waals surface area contributed by atoms with E-state index in [-0.39, 0.29) is 16.9 Å². The minimum Gasteiger partial charge on any atom is -0.318 e. The maximum atomic E-state index is 12.9. The molecule has 1 amide bonds. The van der Waals surface area contributed by atoms with Gasteiger partial charge in [-0.25, -0.2) is 4.79 Å². The number of ketones is 1. The van der Waals surface area contributed by atoms with E-state index < -0.39 is 0 Å². The Morgan fingerprint density at radius 1 is 1.05 bits per heavy atom. The number of allylic oxidation sites excluding steroid dienone is 1. The number of oxime groups is 1. The van der Waals surface area contributed by atoms with Gasteiger partial charge in [0.15, 0.2) is 5.78 Å². The predicted molar refractivity (Wildman–Crippen MR) is 146 cm³/mol. The van der Waals surface area contributed by atoms with Gasteiger partial charge in [0.05, 0.1) is 5.71 Å². The van der Waals surface area contributed by atoms with Crippen LogP contribution in [0.2, 0.25) is 0 Å². The van der Waals surface area contributed by atoms with Crippen molar-refractivity contribution in [3.8, 4) is 0 Å². The topological polar surface area (TPSA) is 83.0 Å². The van der Waals surface area contributed by atoms with Crippen molar-refractivity contribution in [3.05, 3.63) is 11.6 Å². The van der Waals surface area contributed by atoms with Gasteiger partial charge in [-0.1, -0.05) is 24.6 Å². The van der Waals surface area contributed by atoms with Gasteiger partial charge in [-0.15, -0.1) is 0 Å². The average Bonchev–Trinajstić information content (AvgIpc) is 3.65. The number of nitrogens with zero attached hydrogens (tertiary/aromatic N) is 2. The lowest BCUT2D eigenvalue weighted by Gasteiger charge is -2.58. The van der Waals surface area contributed by atoms with Crippen molar-refractivity contribution in [2.75, 3.05) is 33.2 Å². The highest BCUT2D eigenvalue weighted by Crippen LogP contribution is 2.66. The first-order valence-electron chi connectivity index (χ1n) is 14.9. The summed E-state index contributed by atoms with van der Waals surface area (Å²) in [7, 11) is 1.94. The standard InChI is InChI=1S/C30H48N4O3/c1-20(33-37-28(36)34(22-6-7-22)18-17-32-16-15-31-4)25-9-10-26-24-8-5-21-19-23(35)11-13-29(21,2)27(24)12-14-30(25,26)3/h19,22,24-27,31-32H,5-18H2,1-4H3/b33-20+/t24-,25+,26-,27-,29-,30+/m0/s1. The summed E-state index contributed by atoms with van der Waals surface area (Å²) in [5.74, 6) is 2.83. The summed E-state index contributed by atoms with van der Waals surface area (Å²) in [5.41, 5.74) is 2.86. The van der Waals surface area contributed by atoms with Crippen molar-refractivity contribution in [2.45, 2.75) is 91.0 Å². The first kappa shape index (κ1) is 26.9.